The lowest BCUT2D eigenvalue weighted by Gasteiger charge is -2.29. The van der Waals surface area contributed by atoms with Gasteiger partial charge in [-0.05, 0) is 79.0 Å². The molecule has 0 unspecified atom stereocenters. The average Bonchev–Trinajstić information content (AvgIpc) is 2.72. The fourth-order valence-corrected chi connectivity index (χ4v) is 4.87. The van der Waals surface area contributed by atoms with Crippen molar-refractivity contribution >= 4 is 10.8 Å². The Hall–Kier alpha value is -1.44. The highest BCUT2D eigenvalue weighted by atomic mass is 19.2. The SMILES string of the molecule is CCCCCc1ccc2cc(C3CCC(CCCCC)CC3)c(F)c(F)c2c1. The van der Waals surface area contributed by atoms with Gasteiger partial charge in [-0.15, -0.1) is 0 Å². The van der Waals surface area contributed by atoms with Gasteiger partial charge in [-0.2, -0.15) is 0 Å². The predicted octanol–water partition coefficient (Wildman–Crippen LogP) is 8.70. The van der Waals surface area contributed by atoms with Crippen LogP contribution in [0.4, 0.5) is 8.78 Å². The molecule has 154 valence electrons. The van der Waals surface area contributed by atoms with E-state index in [0.717, 1.165) is 55.4 Å². The average molecular weight is 387 g/mol. The number of halogens is 2. The Balaban J connectivity index is 1.72. The third kappa shape index (κ3) is 5.13. The molecule has 0 saturated heterocycles. The summed E-state index contributed by atoms with van der Waals surface area (Å²) in [6.45, 7) is 4.41. The van der Waals surface area contributed by atoms with Crippen molar-refractivity contribution in [3.8, 4) is 0 Å². The molecule has 1 fully saturated rings. The van der Waals surface area contributed by atoms with E-state index in [9.17, 15) is 8.78 Å². The zero-order valence-electron chi connectivity index (χ0n) is 17.7. The van der Waals surface area contributed by atoms with Crippen LogP contribution in [0, 0.1) is 17.6 Å². The second-order valence-electron chi connectivity index (χ2n) is 8.82. The van der Waals surface area contributed by atoms with Gasteiger partial charge in [0.05, 0.1) is 0 Å². The molecule has 3 rings (SSSR count). The standard InChI is InChI=1S/C26H36F2/c1-3-5-7-9-19-11-14-21(15-12-19)24-18-22-16-13-20(10-8-6-4-2)17-23(22)25(27)26(24)28/h13,16-19,21H,3-12,14-15H2,1-2H3. The van der Waals surface area contributed by atoms with Crippen LogP contribution in [-0.2, 0) is 6.42 Å². The van der Waals surface area contributed by atoms with Gasteiger partial charge in [0.15, 0.2) is 11.6 Å². The lowest BCUT2D eigenvalue weighted by atomic mass is 9.76. The smallest absolute Gasteiger partial charge is 0.166 e. The number of benzene rings is 2. The number of hydrogen-bond acceptors (Lipinski definition) is 0. The van der Waals surface area contributed by atoms with E-state index in [1.807, 2.05) is 18.2 Å². The fraction of sp³-hybridized carbons (Fsp3) is 0.615. The predicted molar refractivity (Wildman–Crippen MR) is 116 cm³/mol. The van der Waals surface area contributed by atoms with E-state index >= 15 is 0 Å². The van der Waals surface area contributed by atoms with Gasteiger partial charge in [0.2, 0.25) is 0 Å². The molecule has 0 aromatic heterocycles. The zero-order valence-corrected chi connectivity index (χ0v) is 17.7. The Morgan fingerprint density at radius 2 is 1.54 bits per heavy atom. The number of hydrogen-bond donors (Lipinski definition) is 0. The molecule has 28 heavy (non-hydrogen) atoms. The molecule has 0 heterocycles. The van der Waals surface area contributed by atoms with Crippen LogP contribution in [-0.4, -0.2) is 0 Å². The van der Waals surface area contributed by atoms with Gasteiger partial charge in [-0.3, -0.25) is 0 Å². The molecule has 0 amide bonds. The first-order chi connectivity index (χ1) is 13.6. The Kier molecular flexibility index (Phi) is 7.88. The highest BCUT2D eigenvalue weighted by Gasteiger charge is 2.26. The van der Waals surface area contributed by atoms with Crippen LogP contribution >= 0.6 is 0 Å². The lowest BCUT2D eigenvalue weighted by Crippen LogP contribution is -2.15. The van der Waals surface area contributed by atoms with Crippen LogP contribution in [0.1, 0.15) is 102 Å². The molecule has 1 saturated carbocycles. The molecule has 1 aliphatic carbocycles. The van der Waals surface area contributed by atoms with Crippen molar-refractivity contribution in [1.82, 2.24) is 0 Å². The minimum Gasteiger partial charge on any atom is -0.203 e. The van der Waals surface area contributed by atoms with E-state index in [2.05, 4.69) is 19.9 Å². The monoisotopic (exact) mass is 386 g/mol. The number of fused-ring (bicyclic) bond motifs is 1. The van der Waals surface area contributed by atoms with Crippen molar-refractivity contribution in [3.63, 3.8) is 0 Å². The van der Waals surface area contributed by atoms with Crippen molar-refractivity contribution in [2.75, 3.05) is 0 Å². The lowest BCUT2D eigenvalue weighted by molar-refractivity contribution is 0.298. The topological polar surface area (TPSA) is 0 Å². The zero-order chi connectivity index (χ0) is 19.9. The van der Waals surface area contributed by atoms with Crippen LogP contribution in [0.3, 0.4) is 0 Å². The summed E-state index contributed by atoms with van der Waals surface area (Å²) >= 11 is 0. The van der Waals surface area contributed by atoms with Gasteiger partial charge in [0.1, 0.15) is 0 Å². The maximum absolute atomic E-state index is 14.9. The van der Waals surface area contributed by atoms with Crippen LogP contribution in [0.25, 0.3) is 10.8 Å². The molecular weight excluding hydrogens is 350 g/mol. The Morgan fingerprint density at radius 1 is 0.821 bits per heavy atom. The molecule has 0 radical (unpaired) electrons. The first-order valence-corrected chi connectivity index (χ1v) is 11.5. The molecule has 0 nitrogen and oxygen atoms in total. The summed E-state index contributed by atoms with van der Waals surface area (Å²) < 4.78 is 29.8. The van der Waals surface area contributed by atoms with Gasteiger partial charge < -0.3 is 0 Å². The Morgan fingerprint density at radius 3 is 2.25 bits per heavy atom. The maximum Gasteiger partial charge on any atom is 0.166 e. The van der Waals surface area contributed by atoms with Gasteiger partial charge in [0, 0.05) is 5.39 Å². The molecule has 1 aliphatic rings. The molecule has 0 aliphatic heterocycles. The molecular formula is C26H36F2. The van der Waals surface area contributed by atoms with Crippen molar-refractivity contribution < 1.29 is 8.78 Å². The van der Waals surface area contributed by atoms with Gasteiger partial charge in [-0.25, -0.2) is 8.78 Å². The quantitative estimate of drug-likeness (QED) is 0.378. The highest BCUT2D eigenvalue weighted by molar-refractivity contribution is 5.85. The summed E-state index contributed by atoms with van der Waals surface area (Å²) in [6, 6.07) is 7.85. The summed E-state index contributed by atoms with van der Waals surface area (Å²) in [6.07, 6.45) is 13.9. The maximum atomic E-state index is 14.9. The number of unbranched alkanes of at least 4 members (excludes halogenated alkanes) is 4. The third-order valence-corrected chi connectivity index (χ3v) is 6.68. The van der Waals surface area contributed by atoms with Crippen molar-refractivity contribution in [1.29, 1.82) is 0 Å². The first-order valence-electron chi connectivity index (χ1n) is 11.5. The van der Waals surface area contributed by atoms with E-state index in [0.29, 0.717) is 10.9 Å². The summed E-state index contributed by atoms with van der Waals surface area (Å²) in [4.78, 5) is 0. The van der Waals surface area contributed by atoms with Crippen LogP contribution in [0.2, 0.25) is 0 Å². The van der Waals surface area contributed by atoms with Crippen molar-refractivity contribution in [2.45, 2.75) is 96.8 Å². The van der Waals surface area contributed by atoms with E-state index in [4.69, 9.17) is 0 Å². The van der Waals surface area contributed by atoms with Gasteiger partial charge in [0.25, 0.3) is 0 Å². The molecule has 2 heteroatoms. The summed E-state index contributed by atoms with van der Waals surface area (Å²) in [5, 5.41) is 1.29. The van der Waals surface area contributed by atoms with Crippen LogP contribution < -0.4 is 0 Å². The first kappa shape index (κ1) is 21.3. The van der Waals surface area contributed by atoms with E-state index in [1.165, 1.54) is 38.5 Å². The third-order valence-electron chi connectivity index (χ3n) is 6.68. The van der Waals surface area contributed by atoms with E-state index in [1.54, 1.807) is 0 Å². The molecule has 0 spiro atoms. The molecule has 0 N–H and O–H groups in total. The Bertz CT molecular complexity index is 757. The molecule has 2 aromatic rings. The largest absolute Gasteiger partial charge is 0.203 e. The summed E-state index contributed by atoms with van der Waals surface area (Å²) in [5.74, 6) is -0.296. The Labute approximate surface area is 169 Å². The van der Waals surface area contributed by atoms with Crippen LogP contribution in [0.5, 0.6) is 0 Å². The van der Waals surface area contributed by atoms with E-state index in [-0.39, 0.29) is 5.92 Å². The van der Waals surface area contributed by atoms with Crippen molar-refractivity contribution in [3.05, 3.63) is 47.0 Å². The van der Waals surface area contributed by atoms with Crippen molar-refractivity contribution in [2.24, 2.45) is 5.92 Å². The minimum absolute atomic E-state index is 0.172. The van der Waals surface area contributed by atoms with Gasteiger partial charge in [-0.1, -0.05) is 64.5 Å². The van der Waals surface area contributed by atoms with E-state index < -0.39 is 11.6 Å². The number of aryl methyl sites for hydroxylation is 1. The summed E-state index contributed by atoms with van der Waals surface area (Å²) in [5.41, 5.74) is 1.72. The van der Waals surface area contributed by atoms with Crippen LogP contribution in [0.15, 0.2) is 24.3 Å². The minimum atomic E-state index is -0.644. The summed E-state index contributed by atoms with van der Waals surface area (Å²) in [7, 11) is 0. The fourth-order valence-electron chi connectivity index (χ4n) is 4.87. The van der Waals surface area contributed by atoms with Gasteiger partial charge >= 0.3 is 0 Å². The molecule has 0 atom stereocenters. The molecule has 2 aromatic carbocycles. The number of rotatable bonds is 9. The normalized spacial score (nSPS) is 20.0. The molecule has 0 bridgehead atoms. The second-order valence-corrected chi connectivity index (χ2v) is 8.82. The highest BCUT2D eigenvalue weighted by Crippen LogP contribution is 2.40. The second kappa shape index (κ2) is 10.4.